The van der Waals surface area contributed by atoms with Crippen molar-refractivity contribution in [3.05, 3.63) is 71.8 Å². The summed E-state index contributed by atoms with van der Waals surface area (Å²) in [6.45, 7) is 0.750. The Hall–Kier alpha value is -2.80. The highest BCUT2D eigenvalue weighted by Gasteiger charge is 2.43. The van der Waals surface area contributed by atoms with Crippen LogP contribution in [0.25, 0.3) is 0 Å². The molecular formula is C20H19N3O3S. The van der Waals surface area contributed by atoms with Crippen LogP contribution in [0.3, 0.4) is 0 Å². The fourth-order valence-corrected chi connectivity index (χ4v) is 4.14. The van der Waals surface area contributed by atoms with Gasteiger partial charge in [0, 0.05) is 13.1 Å². The Morgan fingerprint density at radius 3 is 2.00 bits per heavy atom. The van der Waals surface area contributed by atoms with Crippen LogP contribution in [0.5, 0.6) is 0 Å². The van der Waals surface area contributed by atoms with E-state index in [2.05, 4.69) is 5.32 Å². The molecule has 0 bridgehead atoms. The number of thioether (sulfide) groups is 1. The van der Waals surface area contributed by atoms with E-state index >= 15 is 0 Å². The lowest BCUT2D eigenvalue weighted by molar-refractivity contribution is -0.128. The first kappa shape index (κ1) is 17.6. The molecule has 27 heavy (non-hydrogen) atoms. The zero-order chi connectivity index (χ0) is 18.8. The summed E-state index contributed by atoms with van der Waals surface area (Å²) in [7, 11) is 0. The summed E-state index contributed by atoms with van der Waals surface area (Å²) < 4.78 is 0. The number of benzene rings is 2. The lowest BCUT2D eigenvalue weighted by atomic mass is 9.99. The monoisotopic (exact) mass is 381 g/mol. The summed E-state index contributed by atoms with van der Waals surface area (Å²) in [6.07, 6.45) is 0. The van der Waals surface area contributed by atoms with Gasteiger partial charge in [0.1, 0.15) is 0 Å². The van der Waals surface area contributed by atoms with Crippen LogP contribution in [0.15, 0.2) is 60.7 Å². The van der Waals surface area contributed by atoms with Crippen LogP contribution >= 0.6 is 11.8 Å². The number of rotatable bonds is 4. The van der Waals surface area contributed by atoms with E-state index in [-0.39, 0.29) is 35.0 Å². The number of nitrogens with one attached hydrogen (secondary N) is 1. The van der Waals surface area contributed by atoms with Gasteiger partial charge in [-0.3, -0.25) is 14.5 Å². The molecule has 2 saturated heterocycles. The van der Waals surface area contributed by atoms with Gasteiger partial charge in [0.2, 0.25) is 5.91 Å². The Labute approximate surface area is 161 Å². The molecule has 4 amide bonds. The minimum atomic E-state index is -0.260. The summed E-state index contributed by atoms with van der Waals surface area (Å²) in [5.74, 6) is 0.0347. The third kappa shape index (κ3) is 3.55. The van der Waals surface area contributed by atoms with Crippen molar-refractivity contribution in [3.8, 4) is 0 Å². The van der Waals surface area contributed by atoms with Gasteiger partial charge in [-0.1, -0.05) is 72.4 Å². The fraction of sp³-hybridized carbons (Fsp3) is 0.250. The van der Waals surface area contributed by atoms with Crippen LogP contribution in [-0.2, 0) is 4.79 Å². The lowest BCUT2D eigenvalue weighted by Gasteiger charge is -2.43. The topological polar surface area (TPSA) is 69.7 Å². The van der Waals surface area contributed by atoms with E-state index < -0.39 is 0 Å². The third-order valence-corrected chi connectivity index (χ3v) is 5.67. The molecule has 1 N–H and O–H groups in total. The molecule has 0 spiro atoms. The number of likely N-dealkylation sites (tertiary alicyclic amines) is 1. The molecule has 0 saturated carbocycles. The van der Waals surface area contributed by atoms with Crippen LogP contribution in [0.2, 0.25) is 0 Å². The van der Waals surface area contributed by atoms with E-state index in [9.17, 15) is 14.4 Å². The minimum Gasteiger partial charge on any atom is -0.327 e. The van der Waals surface area contributed by atoms with E-state index in [0.29, 0.717) is 13.1 Å². The van der Waals surface area contributed by atoms with Crippen molar-refractivity contribution in [2.24, 2.45) is 0 Å². The van der Waals surface area contributed by atoms with Crippen LogP contribution < -0.4 is 5.32 Å². The standard InChI is InChI=1S/C20H19N3O3S/c24-17-13-27-20(26)23(17)16-11-22(12-16)19(25)21-18(14-7-3-1-4-8-14)15-9-5-2-6-10-15/h1-10,16,18H,11-13H2,(H,21,25). The van der Waals surface area contributed by atoms with Crippen molar-refractivity contribution in [2.75, 3.05) is 18.8 Å². The maximum atomic E-state index is 12.7. The van der Waals surface area contributed by atoms with Gasteiger partial charge < -0.3 is 10.2 Å². The number of imide groups is 1. The van der Waals surface area contributed by atoms with E-state index in [1.807, 2.05) is 60.7 Å². The molecule has 0 aliphatic carbocycles. The number of amides is 4. The molecule has 0 aromatic heterocycles. The van der Waals surface area contributed by atoms with Crippen molar-refractivity contribution in [1.29, 1.82) is 0 Å². The average Bonchev–Trinajstić information content (AvgIpc) is 2.99. The molecule has 2 aliphatic rings. The fourth-order valence-electron chi connectivity index (χ4n) is 3.37. The van der Waals surface area contributed by atoms with Crippen molar-refractivity contribution in [1.82, 2.24) is 15.1 Å². The predicted octanol–water partition coefficient (Wildman–Crippen LogP) is 2.87. The van der Waals surface area contributed by atoms with Gasteiger partial charge in [0.15, 0.2) is 0 Å². The van der Waals surface area contributed by atoms with Gasteiger partial charge in [-0.05, 0) is 11.1 Å². The van der Waals surface area contributed by atoms with E-state index in [4.69, 9.17) is 0 Å². The summed E-state index contributed by atoms with van der Waals surface area (Å²) in [4.78, 5) is 39.3. The van der Waals surface area contributed by atoms with Crippen LogP contribution in [0.1, 0.15) is 17.2 Å². The SMILES string of the molecule is O=C(NC(c1ccccc1)c1ccccc1)N1CC(N2C(=O)CSC2=O)C1. The second-order valence-corrected chi connectivity index (χ2v) is 7.51. The molecule has 7 heteroatoms. The van der Waals surface area contributed by atoms with Gasteiger partial charge >= 0.3 is 6.03 Å². The lowest BCUT2D eigenvalue weighted by Crippen LogP contribution is -2.64. The molecule has 4 rings (SSSR count). The Morgan fingerprint density at radius 1 is 0.963 bits per heavy atom. The number of carbonyl (C=O) groups is 3. The Kier molecular flexibility index (Phi) is 4.85. The smallest absolute Gasteiger partial charge is 0.318 e. The highest BCUT2D eigenvalue weighted by molar-refractivity contribution is 8.14. The Balaban J connectivity index is 1.44. The zero-order valence-electron chi connectivity index (χ0n) is 14.6. The van der Waals surface area contributed by atoms with E-state index in [1.54, 1.807) is 4.90 Å². The molecule has 0 radical (unpaired) electrons. The molecular weight excluding hydrogens is 362 g/mol. The number of hydrogen-bond donors (Lipinski definition) is 1. The Bertz CT molecular complexity index is 798. The van der Waals surface area contributed by atoms with E-state index in [0.717, 1.165) is 22.9 Å². The highest BCUT2D eigenvalue weighted by Crippen LogP contribution is 2.27. The predicted molar refractivity (Wildman–Crippen MR) is 103 cm³/mol. The maximum absolute atomic E-state index is 12.7. The normalized spacial score (nSPS) is 17.4. The molecule has 138 valence electrons. The van der Waals surface area contributed by atoms with Crippen molar-refractivity contribution < 1.29 is 14.4 Å². The van der Waals surface area contributed by atoms with Gasteiger partial charge in [-0.25, -0.2) is 4.79 Å². The summed E-state index contributed by atoms with van der Waals surface area (Å²) in [6, 6.07) is 18.9. The molecule has 2 aliphatic heterocycles. The van der Waals surface area contributed by atoms with E-state index in [1.165, 1.54) is 4.90 Å². The van der Waals surface area contributed by atoms with Gasteiger partial charge in [0.25, 0.3) is 5.24 Å². The molecule has 2 aromatic rings. The first-order valence-electron chi connectivity index (χ1n) is 8.77. The second kappa shape index (κ2) is 7.44. The second-order valence-electron chi connectivity index (χ2n) is 6.58. The summed E-state index contributed by atoms with van der Waals surface area (Å²) >= 11 is 1.02. The van der Waals surface area contributed by atoms with Crippen LogP contribution in [0, 0.1) is 0 Å². The van der Waals surface area contributed by atoms with Gasteiger partial charge in [-0.2, -0.15) is 0 Å². The average molecular weight is 381 g/mol. The van der Waals surface area contributed by atoms with Crippen molar-refractivity contribution in [2.45, 2.75) is 12.1 Å². The van der Waals surface area contributed by atoms with Gasteiger partial charge in [0.05, 0.1) is 17.8 Å². The maximum Gasteiger partial charge on any atom is 0.318 e. The summed E-state index contributed by atoms with van der Waals surface area (Å²) in [5.41, 5.74) is 1.99. The number of carbonyl (C=O) groups excluding carboxylic acids is 3. The third-order valence-electron chi connectivity index (χ3n) is 4.83. The largest absolute Gasteiger partial charge is 0.327 e. The Morgan fingerprint density at radius 2 is 1.52 bits per heavy atom. The molecule has 0 atom stereocenters. The molecule has 2 heterocycles. The molecule has 2 fully saturated rings. The first-order chi connectivity index (χ1) is 13.1. The summed E-state index contributed by atoms with van der Waals surface area (Å²) in [5, 5.41) is 2.87. The van der Waals surface area contributed by atoms with Crippen LogP contribution in [-0.4, -0.2) is 51.9 Å². The van der Waals surface area contributed by atoms with Crippen molar-refractivity contribution in [3.63, 3.8) is 0 Å². The highest BCUT2D eigenvalue weighted by atomic mass is 32.2. The van der Waals surface area contributed by atoms with Crippen molar-refractivity contribution >= 4 is 28.9 Å². The number of hydrogen-bond acceptors (Lipinski definition) is 4. The molecule has 6 nitrogen and oxygen atoms in total. The first-order valence-corrected chi connectivity index (χ1v) is 9.76. The number of nitrogens with zero attached hydrogens (tertiary/aromatic N) is 2. The zero-order valence-corrected chi connectivity index (χ0v) is 15.4. The molecule has 0 unspecified atom stereocenters. The van der Waals surface area contributed by atoms with Gasteiger partial charge in [-0.15, -0.1) is 0 Å². The quantitative estimate of drug-likeness (QED) is 0.884. The van der Waals surface area contributed by atoms with Crippen LogP contribution in [0.4, 0.5) is 9.59 Å². The number of urea groups is 1. The minimum absolute atomic E-state index is 0.165. The molecule has 2 aromatic carbocycles.